The maximum Gasteiger partial charge on any atom is 0.421 e. The molecule has 0 saturated heterocycles. The van der Waals surface area contributed by atoms with Crippen molar-refractivity contribution in [2.24, 2.45) is 0 Å². The van der Waals surface area contributed by atoms with Crippen LogP contribution in [0, 0.1) is 0 Å². The average Bonchev–Trinajstić information content (AvgIpc) is 2.74. The van der Waals surface area contributed by atoms with Gasteiger partial charge >= 0.3 is 6.09 Å². The zero-order valence-electron chi connectivity index (χ0n) is 12.1. The van der Waals surface area contributed by atoms with Crippen molar-refractivity contribution in [2.45, 2.75) is 31.5 Å². The quantitative estimate of drug-likeness (QED) is 0.794. The maximum atomic E-state index is 12.3. The molecule has 6 nitrogen and oxygen atoms in total. The van der Waals surface area contributed by atoms with E-state index >= 15 is 0 Å². The lowest BCUT2D eigenvalue weighted by Crippen LogP contribution is -2.27. The largest absolute Gasteiger partial charge is 0.479 e. The predicted molar refractivity (Wildman–Crippen MR) is 77.5 cm³/mol. The van der Waals surface area contributed by atoms with Crippen molar-refractivity contribution >= 4 is 28.9 Å². The second-order valence-electron chi connectivity index (χ2n) is 5.10. The number of ether oxygens (including phenoxy) is 2. The molecule has 20 heavy (non-hydrogen) atoms. The maximum absolute atomic E-state index is 12.3. The van der Waals surface area contributed by atoms with Crippen LogP contribution in [0.2, 0.25) is 0 Å². The van der Waals surface area contributed by atoms with Gasteiger partial charge in [-0.2, -0.15) is 0 Å². The van der Waals surface area contributed by atoms with Crippen LogP contribution in [0.1, 0.15) is 20.8 Å². The van der Waals surface area contributed by atoms with Crippen LogP contribution < -0.4 is 4.74 Å². The fourth-order valence-electron chi connectivity index (χ4n) is 1.73. The van der Waals surface area contributed by atoms with Gasteiger partial charge in [0.2, 0.25) is 5.88 Å². The van der Waals surface area contributed by atoms with E-state index in [4.69, 9.17) is 9.47 Å². The Kier molecular flexibility index (Phi) is 3.89. The molecule has 0 radical (unpaired) electrons. The fraction of sp³-hybridized carbons (Fsp3) is 0.462. The van der Waals surface area contributed by atoms with Crippen molar-refractivity contribution in [3.8, 4) is 5.88 Å². The third-order valence-electron chi connectivity index (χ3n) is 2.46. The Morgan fingerprint density at radius 1 is 1.40 bits per heavy atom. The zero-order valence-corrected chi connectivity index (χ0v) is 12.9. The molecule has 0 saturated carbocycles. The number of carbonyl (C=O) groups is 1. The molecule has 7 heteroatoms. The van der Waals surface area contributed by atoms with Crippen molar-refractivity contribution in [3.05, 3.63) is 12.3 Å². The van der Waals surface area contributed by atoms with E-state index in [1.165, 1.54) is 23.4 Å². The molecule has 0 aliphatic rings. The number of thioether (sulfide) groups is 1. The number of pyridine rings is 1. The van der Waals surface area contributed by atoms with Crippen LogP contribution in [0.25, 0.3) is 11.0 Å². The van der Waals surface area contributed by atoms with Gasteiger partial charge < -0.3 is 9.47 Å². The molecule has 0 spiro atoms. The highest BCUT2D eigenvalue weighted by Gasteiger charge is 2.24. The summed E-state index contributed by atoms with van der Waals surface area (Å²) in [5, 5.41) is 0.542. The molecule has 0 bridgehead atoms. The molecule has 108 valence electrons. The summed E-state index contributed by atoms with van der Waals surface area (Å²) < 4.78 is 12.0. The molecule has 0 aromatic carbocycles. The minimum atomic E-state index is -0.569. The summed E-state index contributed by atoms with van der Waals surface area (Å²) in [5.74, 6) is 0.389. The normalized spacial score (nSPS) is 11.7. The van der Waals surface area contributed by atoms with Gasteiger partial charge in [-0.15, -0.1) is 0 Å². The number of carbonyl (C=O) groups excluding carboxylic acids is 1. The Balaban J connectivity index is 2.59. The Hall–Kier alpha value is -1.76. The molecular formula is C13H17N3O3S. The third kappa shape index (κ3) is 2.72. The van der Waals surface area contributed by atoms with Crippen LogP contribution in [0.15, 0.2) is 17.4 Å². The Labute approximate surface area is 121 Å². The second-order valence-corrected chi connectivity index (χ2v) is 5.88. The average molecular weight is 295 g/mol. The molecule has 0 atom stereocenters. The monoisotopic (exact) mass is 295 g/mol. The van der Waals surface area contributed by atoms with E-state index in [1.54, 1.807) is 12.3 Å². The van der Waals surface area contributed by atoms with Gasteiger partial charge in [0.05, 0.1) is 12.6 Å². The molecule has 0 aliphatic heterocycles. The molecule has 0 aliphatic carbocycles. The second kappa shape index (κ2) is 5.32. The summed E-state index contributed by atoms with van der Waals surface area (Å²) in [5.41, 5.74) is 0.598. The first-order valence-corrected chi connectivity index (χ1v) is 7.28. The topological polar surface area (TPSA) is 66.2 Å². The van der Waals surface area contributed by atoms with Gasteiger partial charge in [-0.25, -0.2) is 19.3 Å². The molecule has 0 amide bonds. The molecule has 2 aromatic heterocycles. The Morgan fingerprint density at radius 3 is 2.65 bits per heavy atom. The van der Waals surface area contributed by atoms with Gasteiger partial charge in [-0.1, -0.05) is 11.8 Å². The van der Waals surface area contributed by atoms with Crippen LogP contribution in [0.5, 0.6) is 5.88 Å². The van der Waals surface area contributed by atoms with Crippen molar-refractivity contribution < 1.29 is 14.3 Å². The van der Waals surface area contributed by atoms with Crippen LogP contribution in [-0.2, 0) is 4.74 Å². The lowest BCUT2D eigenvalue weighted by Gasteiger charge is -2.20. The fourth-order valence-corrected chi connectivity index (χ4v) is 2.27. The van der Waals surface area contributed by atoms with Gasteiger partial charge in [0.1, 0.15) is 5.60 Å². The van der Waals surface area contributed by atoms with Gasteiger partial charge in [-0.05, 0) is 33.1 Å². The predicted octanol–water partition coefficient (Wildman–Crippen LogP) is 2.95. The van der Waals surface area contributed by atoms with E-state index in [0.29, 0.717) is 22.1 Å². The van der Waals surface area contributed by atoms with Crippen molar-refractivity contribution in [1.29, 1.82) is 0 Å². The highest BCUT2D eigenvalue weighted by molar-refractivity contribution is 7.98. The lowest BCUT2D eigenvalue weighted by molar-refractivity contribution is 0.0529. The smallest absolute Gasteiger partial charge is 0.421 e. The summed E-state index contributed by atoms with van der Waals surface area (Å²) in [4.78, 5) is 20.8. The molecule has 2 aromatic rings. The lowest BCUT2D eigenvalue weighted by atomic mass is 10.2. The number of hydrogen-bond donors (Lipinski definition) is 0. The molecule has 0 unspecified atom stereocenters. The first-order chi connectivity index (χ1) is 9.37. The number of aromatic nitrogens is 3. The van der Waals surface area contributed by atoms with E-state index < -0.39 is 11.7 Å². The van der Waals surface area contributed by atoms with E-state index in [1.807, 2.05) is 27.0 Å². The number of methoxy groups -OCH3 is 1. The Morgan fingerprint density at radius 2 is 2.10 bits per heavy atom. The molecule has 0 N–H and O–H groups in total. The highest BCUT2D eigenvalue weighted by Crippen LogP contribution is 2.28. The summed E-state index contributed by atoms with van der Waals surface area (Å²) in [6, 6.07) is 1.72. The minimum Gasteiger partial charge on any atom is -0.479 e. The summed E-state index contributed by atoms with van der Waals surface area (Å²) in [7, 11) is 1.52. The standard InChI is InChI=1S/C13H17N3O3S/c1-13(2,3)19-12(17)16-8-6-7-14-10(18-4)9(8)15-11(16)20-5/h6-7H,1-5H3. The van der Waals surface area contributed by atoms with Crippen molar-refractivity contribution in [2.75, 3.05) is 13.4 Å². The number of hydrogen-bond acceptors (Lipinski definition) is 6. The first kappa shape index (κ1) is 14.6. The number of imidazole rings is 1. The number of nitrogens with zero attached hydrogens (tertiary/aromatic N) is 3. The van der Waals surface area contributed by atoms with Crippen molar-refractivity contribution in [1.82, 2.24) is 14.5 Å². The summed E-state index contributed by atoms with van der Waals surface area (Å²) in [6.07, 6.45) is 2.97. The van der Waals surface area contributed by atoms with Gasteiger partial charge in [0, 0.05) is 6.20 Å². The van der Waals surface area contributed by atoms with E-state index in [2.05, 4.69) is 9.97 Å². The molecular weight excluding hydrogens is 278 g/mol. The van der Waals surface area contributed by atoms with Gasteiger partial charge in [0.15, 0.2) is 10.7 Å². The zero-order chi connectivity index (χ0) is 14.9. The van der Waals surface area contributed by atoms with Gasteiger partial charge in [0.25, 0.3) is 0 Å². The van der Waals surface area contributed by atoms with Crippen LogP contribution >= 0.6 is 11.8 Å². The van der Waals surface area contributed by atoms with Gasteiger partial charge in [-0.3, -0.25) is 0 Å². The Bertz CT molecular complexity index is 646. The first-order valence-electron chi connectivity index (χ1n) is 6.06. The summed E-state index contributed by atoms with van der Waals surface area (Å²) >= 11 is 1.36. The third-order valence-corrected chi connectivity index (χ3v) is 3.10. The van der Waals surface area contributed by atoms with E-state index in [-0.39, 0.29) is 0 Å². The SMILES string of the molecule is COc1nccc2c1nc(SC)n2C(=O)OC(C)(C)C. The molecule has 2 rings (SSSR count). The number of fused-ring (bicyclic) bond motifs is 1. The van der Waals surface area contributed by atoms with Crippen LogP contribution in [0.4, 0.5) is 4.79 Å². The number of rotatable bonds is 2. The van der Waals surface area contributed by atoms with E-state index in [9.17, 15) is 4.79 Å². The molecule has 0 fully saturated rings. The van der Waals surface area contributed by atoms with Crippen molar-refractivity contribution in [3.63, 3.8) is 0 Å². The van der Waals surface area contributed by atoms with Crippen LogP contribution in [-0.4, -0.2) is 39.6 Å². The minimum absolute atomic E-state index is 0.389. The van der Waals surface area contributed by atoms with E-state index in [0.717, 1.165) is 0 Å². The van der Waals surface area contributed by atoms with Crippen LogP contribution in [0.3, 0.4) is 0 Å². The highest BCUT2D eigenvalue weighted by atomic mass is 32.2. The molecule has 2 heterocycles. The summed E-state index contributed by atoms with van der Waals surface area (Å²) in [6.45, 7) is 5.47.